The van der Waals surface area contributed by atoms with E-state index in [0.29, 0.717) is 49.7 Å². The van der Waals surface area contributed by atoms with Gasteiger partial charge in [-0.3, -0.25) is 9.59 Å². The molecule has 2 aromatic carbocycles. The SMILES string of the molecule is Cc1cc(O)c2c(c1O)[C@H](O)[C@H]1C[C@@H](O)CC[C@@H]1C2=O.Cc1cc(O)c2c(c1O)[C@H](O)[C@H]1C[C@@H](O)CC[C@@H]1C2=O. The van der Waals surface area contributed by atoms with Gasteiger partial charge in [0.1, 0.15) is 23.0 Å². The van der Waals surface area contributed by atoms with Crippen molar-refractivity contribution in [2.75, 3.05) is 0 Å². The lowest BCUT2D eigenvalue weighted by Gasteiger charge is -2.41. The monoisotopic (exact) mass is 556 g/mol. The fourth-order valence-corrected chi connectivity index (χ4v) is 7.24. The zero-order chi connectivity index (χ0) is 29.2. The number of carbonyl (C=O) groups excluding carboxylic acids is 2. The molecule has 0 bridgehead atoms. The number of Topliss-reactive ketones (excluding diaryl/α,β-unsaturated/α-hetero) is 2. The first kappa shape index (κ1) is 28.4. The Kier molecular flexibility index (Phi) is 7.33. The number of fused-ring (bicyclic) bond motifs is 4. The van der Waals surface area contributed by atoms with Crippen LogP contribution in [-0.4, -0.2) is 64.6 Å². The van der Waals surface area contributed by atoms with Gasteiger partial charge in [-0.2, -0.15) is 0 Å². The third-order valence-corrected chi connectivity index (χ3v) is 9.33. The molecule has 0 saturated heterocycles. The molecule has 2 fully saturated rings. The molecule has 0 heterocycles. The minimum absolute atomic E-state index is 0.0400. The predicted octanol–water partition coefficient (Wildman–Crippen LogP) is 2.83. The lowest BCUT2D eigenvalue weighted by molar-refractivity contribution is -0.00821. The summed E-state index contributed by atoms with van der Waals surface area (Å²) in [6.07, 6.45) is -0.412. The van der Waals surface area contributed by atoms with Crippen molar-refractivity contribution in [3.8, 4) is 23.0 Å². The highest BCUT2D eigenvalue weighted by molar-refractivity contribution is 6.04. The van der Waals surface area contributed by atoms with Gasteiger partial charge in [-0.15, -0.1) is 0 Å². The molecule has 216 valence electrons. The smallest absolute Gasteiger partial charge is 0.170 e. The quantitative estimate of drug-likeness (QED) is 0.223. The largest absolute Gasteiger partial charge is 0.507 e. The van der Waals surface area contributed by atoms with Crippen LogP contribution in [0.4, 0.5) is 0 Å². The topological polar surface area (TPSA) is 196 Å². The molecule has 40 heavy (non-hydrogen) atoms. The molecular formula is C30H36O10. The van der Waals surface area contributed by atoms with Crippen LogP contribution in [0, 0.1) is 37.5 Å². The summed E-state index contributed by atoms with van der Waals surface area (Å²) in [7, 11) is 0. The van der Waals surface area contributed by atoms with E-state index in [1.54, 1.807) is 13.8 Å². The fourth-order valence-electron chi connectivity index (χ4n) is 7.24. The Bertz CT molecular complexity index is 1260. The second-order valence-electron chi connectivity index (χ2n) is 11.8. The number of phenols is 4. The summed E-state index contributed by atoms with van der Waals surface area (Å²) < 4.78 is 0. The Morgan fingerprint density at radius 3 is 1.30 bits per heavy atom. The average molecular weight is 557 g/mol. The maximum Gasteiger partial charge on any atom is 0.170 e. The van der Waals surface area contributed by atoms with Crippen molar-refractivity contribution in [3.63, 3.8) is 0 Å². The van der Waals surface area contributed by atoms with Gasteiger partial charge in [0.05, 0.1) is 35.5 Å². The van der Waals surface area contributed by atoms with Gasteiger partial charge in [-0.05, 0) is 75.6 Å². The normalized spacial score (nSPS) is 32.6. The van der Waals surface area contributed by atoms with E-state index in [0.717, 1.165) is 0 Å². The maximum atomic E-state index is 12.5. The van der Waals surface area contributed by atoms with Crippen LogP contribution in [-0.2, 0) is 0 Å². The van der Waals surface area contributed by atoms with E-state index in [1.165, 1.54) is 12.1 Å². The van der Waals surface area contributed by atoms with Gasteiger partial charge in [0.15, 0.2) is 11.6 Å². The Morgan fingerprint density at radius 1 is 0.600 bits per heavy atom. The molecule has 0 amide bonds. The molecule has 0 aromatic heterocycles. The number of aliphatic hydroxyl groups is 4. The Balaban J connectivity index is 0.000000161. The summed E-state index contributed by atoms with van der Waals surface area (Å²) in [6, 6.07) is 2.69. The Labute approximate surface area is 231 Å². The molecule has 10 heteroatoms. The molecular weight excluding hydrogens is 520 g/mol. The van der Waals surface area contributed by atoms with E-state index in [-0.39, 0.29) is 56.8 Å². The summed E-state index contributed by atoms with van der Waals surface area (Å²) in [6.45, 7) is 3.21. The van der Waals surface area contributed by atoms with Crippen LogP contribution in [0.3, 0.4) is 0 Å². The van der Waals surface area contributed by atoms with Gasteiger partial charge in [-0.1, -0.05) is 0 Å². The lowest BCUT2D eigenvalue weighted by atomic mass is 9.65. The number of ketones is 2. The van der Waals surface area contributed by atoms with Crippen molar-refractivity contribution in [2.24, 2.45) is 23.7 Å². The molecule has 0 unspecified atom stereocenters. The Hall–Kier alpha value is -3.18. The van der Waals surface area contributed by atoms with E-state index in [9.17, 15) is 50.4 Å². The second-order valence-corrected chi connectivity index (χ2v) is 11.8. The van der Waals surface area contributed by atoms with Gasteiger partial charge in [0.2, 0.25) is 0 Å². The van der Waals surface area contributed by atoms with Crippen LogP contribution in [0.25, 0.3) is 0 Å². The van der Waals surface area contributed by atoms with Crippen LogP contribution in [0.2, 0.25) is 0 Å². The maximum absolute atomic E-state index is 12.5. The van der Waals surface area contributed by atoms with Gasteiger partial charge in [-0.25, -0.2) is 0 Å². The molecule has 0 aliphatic heterocycles. The van der Waals surface area contributed by atoms with Crippen LogP contribution in [0.15, 0.2) is 12.1 Å². The van der Waals surface area contributed by atoms with Crippen molar-refractivity contribution in [2.45, 2.75) is 76.8 Å². The first-order valence-electron chi connectivity index (χ1n) is 13.7. The minimum atomic E-state index is -1.03. The average Bonchev–Trinajstić information content (AvgIpc) is 2.90. The summed E-state index contributed by atoms with van der Waals surface area (Å²) in [4.78, 5) is 25.0. The molecule has 0 spiro atoms. The van der Waals surface area contributed by atoms with Gasteiger partial charge >= 0.3 is 0 Å². The zero-order valence-corrected chi connectivity index (χ0v) is 22.4. The van der Waals surface area contributed by atoms with Gasteiger partial charge in [0, 0.05) is 34.8 Å². The van der Waals surface area contributed by atoms with Gasteiger partial charge < -0.3 is 40.9 Å². The summed E-state index contributed by atoms with van der Waals surface area (Å²) in [5.74, 6) is -2.73. The highest BCUT2D eigenvalue weighted by Crippen LogP contribution is 2.52. The molecule has 4 aliphatic rings. The van der Waals surface area contributed by atoms with Crippen LogP contribution < -0.4 is 0 Å². The number of rotatable bonds is 0. The molecule has 6 rings (SSSR count). The van der Waals surface area contributed by atoms with Crippen molar-refractivity contribution in [1.82, 2.24) is 0 Å². The number of carbonyl (C=O) groups is 2. The highest BCUT2D eigenvalue weighted by Gasteiger charge is 2.48. The van der Waals surface area contributed by atoms with Crippen molar-refractivity contribution >= 4 is 11.6 Å². The third-order valence-electron chi connectivity index (χ3n) is 9.33. The summed E-state index contributed by atoms with van der Waals surface area (Å²) in [5, 5.41) is 80.7. The molecule has 10 nitrogen and oxygen atoms in total. The number of benzene rings is 2. The molecule has 0 radical (unpaired) electrons. The molecule has 2 aromatic rings. The summed E-state index contributed by atoms with van der Waals surface area (Å²) in [5.41, 5.74) is 1.15. The first-order chi connectivity index (χ1) is 18.8. The number of hydrogen-bond acceptors (Lipinski definition) is 10. The van der Waals surface area contributed by atoms with Crippen LogP contribution in [0.5, 0.6) is 23.0 Å². The zero-order valence-electron chi connectivity index (χ0n) is 22.4. The van der Waals surface area contributed by atoms with Crippen molar-refractivity contribution < 1.29 is 50.4 Å². The molecule has 8 atom stereocenters. The van der Waals surface area contributed by atoms with E-state index in [2.05, 4.69) is 0 Å². The minimum Gasteiger partial charge on any atom is -0.507 e. The second kappa shape index (κ2) is 10.3. The number of phenolic OH excluding ortho intramolecular Hbond substituents is 4. The lowest BCUT2D eigenvalue weighted by Crippen LogP contribution is -2.40. The van der Waals surface area contributed by atoms with Crippen molar-refractivity contribution in [1.29, 1.82) is 0 Å². The third kappa shape index (κ3) is 4.43. The van der Waals surface area contributed by atoms with Crippen LogP contribution >= 0.6 is 0 Å². The molecule has 2 saturated carbocycles. The fraction of sp³-hybridized carbons (Fsp3) is 0.533. The first-order valence-corrected chi connectivity index (χ1v) is 13.7. The van der Waals surface area contributed by atoms with E-state index >= 15 is 0 Å². The number of aromatic hydroxyl groups is 4. The number of hydrogen-bond donors (Lipinski definition) is 8. The molecule has 8 N–H and O–H groups in total. The van der Waals surface area contributed by atoms with Gasteiger partial charge in [0.25, 0.3) is 0 Å². The van der Waals surface area contributed by atoms with E-state index in [1.807, 2.05) is 0 Å². The predicted molar refractivity (Wildman–Crippen MR) is 141 cm³/mol. The van der Waals surface area contributed by atoms with Crippen LogP contribution in [0.1, 0.15) is 93.7 Å². The Morgan fingerprint density at radius 2 is 0.950 bits per heavy atom. The van der Waals surface area contributed by atoms with Crippen molar-refractivity contribution in [3.05, 3.63) is 45.5 Å². The number of aliphatic hydroxyl groups excluding tert-OH is 4. The standard InChI is InChI=1S/2C15H18O5/c2*1-6-4-10(17)11-12(13(6)18)15(20)9-5-7(16)2-3-8(9)14(11)19/h2*4,7-9,15-18,20H,2-3,5H2,1H3/t2*7-,8-,9-,15+/m00/s1. The van der Waals surface area contributed by atoms with E-state index < -0.39 is 48.1 Å². The molecule has 4 aliphatic carbocycles. The highest BCUT2D eigenvalue weighted by atomic mass is 16.3. The van der Waals surface area contributed by atoms with E-state index in [4.69, 9.17) is 0 Å². The number of aryl methyl sites for hydroxylation is 2. The summed E-state index contributed by atoms with van der Waals surface area (Å²) >= 11 is 0.